The number of sulfone groups is 1. The maximum Gasteiger partial charge on any atom is 0.154 e. The van der Waals surface area contributed by atoms with Gasteiger partial charge in [0.05, 0.1) is 23.7 Å². The lowest BCUT2D eigenvalue weighted by atomic mass is 10.1. The Morgan fingerprint density at radius 2 is 2.00 bits per heavy atom. The smallest absolute Gasteiger partial charge is 0.154 e. The molecular formula is C12H22N2O3S. The third-order valence-corrected chi connectivity index (χ3v) is 6.03. The van der Waals surface area contributed by atoms with Gasteiger partial charge in [-0.25, -0.2) is 8.42 Å². The molecule has 0 aromatic rings. The Morgan fingerprint density at radius 1 is 1.22 bits per heavy atom. The van der Waals surface area contributed by atoms with Gasteiger partial charge in [-0.1, -0.05) is 0 Å². The largest absolute Gasteiger partial charge is 0.390 e. The van der Waals surface area contributed by atoms with Crippen molar-refractivity contribution in [1.82, 2.24) is 10.2 Å². The third-order valence-electron chi connectivity index (χ3n) is 4.33. The van der Waals surface area contributed by atoms with E-state index >= 15 is 0 Å². The van der Waals surface area contributed by atoms with E-state index in [0.717, 1.165) is 25.9 Å². The fraction of sp³-hybridized carbons (Fsp3) is 1.00. The Labute approximate surface area is 108 Å². The van der Waals surface area contributed by atoms with Crippen LogP contribution in [0.1, 0.15) is 25.7 Å². The summed E-state index contributed by atoms with van der Waals surface area (Å²) in [5.41, 5.74) is 0. The van der Waals surface area contributed by atoms with Gasteiger partial charge in [-0.2, -0.15) is 0 Å². The van der Waals surface area contributed by atoms with Gasteiger partial charge in [0.25, 0.3) is 0 Å². The molecule has 104 valence electrons. The van der Waals surface area contributed by atoms with E-state index in [9.17, 15) is 13.5 Å². The highest BCUT2D eigenvalue weighted by Gasteiger charge is 2.45. The molecule has 1 saturated carbocycles. The van der Waals surface area contributed by atoms with Crippen LogP contribution >= 0.6 is 0 Å². The molecule has 2 heterocycles. The van der Waals surface area contributed by atoms with Crippen molar-refractivity contribution in [3.63, 3.8) is 0 Å². The lowest BCUT2D eigenvalue weighted by molar-refractivity contribution is 0.0722. The number of nitrogens with one attached hydrogen (secondary N) is 1. The summed E-state index contributed by atoms with van der Waals surface area (Å²) in [5, 5.41) is 13.5. The molecule has 2 N–H and O–H groups in total. The van der Waals surface area contributed by atoms with Gasteiger partial charge in [0.15, 0.2) is 9.84 Å². The summed E-state index contributed by atoms with van der Waals surface area (Å²) in [4.78, 5) is 2.26. The average Bonchev–Trinajstić information content (AvgIpc) is 2.92. The molecule has 0 bridgehead atoms. The van der Waals surface area contributed by atoms with Gasteiger partial charge in [-0.3, -0.25) is 4.90 Å². The lowest BCUT2D eigenvalue weighted by Gasteiger charge is -2.32. The number of nitrogens with zero attached hydrogens (tertiary/aromatic N) is 1. The predicted octanol–water partition coefficient (Wildman–Crippen LogP) is -0.639. The van der Waals surface area contributed by atoms with Gasteiger partial charge in [-0.15, -0.1) is 0 Å². The molecular weight excluding hydrogens is 252 g/mol. The van der Waals surface area contributed by atoms with Crippen LogP contribution in [0.15, 0.2) is 0 Å². The molecule has 2 saturated heterocycles. The van der Waals surface area contributed by atoms with Crippen LogP contribution in [-0.2, 0) is 9.84 Å². The highest BCUT2D eigenvalue weighted by Crippen LogP contribution is 2.32. The first-order valence-corrected chi connectivity index (χ1v) is 8.75. The minimum Gasteiger partial charge on any atom is -0.390 e. The van der Waals surface area contributed by atoms with E-state index in [-0.39, 0.29) is 17.5 Å². The highest BCUT2D eigenvalue weighted by molar-refractivity contribution is 7.91. The van der Waals surface area contributed by atoms with Gasteiger partial charge in [0.1, 0.15) is 0 Å². The molecule has 0 radical (unpaired) electrons. The van der Waals surface area contributed by atoms with Gasteiger partial charge >= 0.3 is 0 Å². The Bertz CT molecular complexity index is 402. The fourth-order valence-electron chi connectivity index (χ4n) is 3.26. The second-order valence-corrected chi connectivity index (χ2v) is 8.09. The second kappa shape index (κ2) is 4.74. The first-order valence-electron chi connectivity index (χ1n) is 6.93. The maximum atomic E-state index is 11.6. The Morgan fingerprint density at radius 3 is 2.50 bits per heavy atom. The maximum absolute atomic E-state index is 11.6. The number of hydrogen-bond donors (Lipinski definition) is 2. The van der Waals surface area contributed by atoms with E-state index in [0.29, 0.717) is 12.1 Å². The van der Waals surface area contributed by atoms with Crippen LogP contribution in [0.2, 0.25) is 0 Å². The molecule has 0 amide bonds. The molecule has 3 unspecified atom stereocenters. The van der Waals surface area contributed by atoms with Crippen molar-refractivity contribution >= 4 is 9.84 Å². The first kappa shape index (κ1) is 12.8. The number of aliphatic hydroxyl groups excluding tert-OH is 1. The van der Waals surface area contributed by atoms with Crippen LogP contribution in [0.5, 0.6) is 0 Å². The Hall–Kier alpha value is -0.170. The molecule has 0 aromatic carbocycles. The van der Waals surface area contributed by atoms with Crippen molar-refractivity contribution < 1.29 is 13.5 Å². The van der Waals surface area contributed by atoms with Crippen LogP contribution in [0.4, 0.5) is 0 Å². The van der Waals surface area contributed by atoms with Gasteiger partial charge in [-0.05, 0) is 32.2 Å². The summed E-state index contributed by atoms with van der Waals surface area (Å²) < 4.78 is 23.3. The normalized spacial score (nSPS) is 39.6. The molecule has 18 heavy (non-hydrogen) atoms. The third kappa shape index (κ3) is 2.71. The van der Waals surface area contributed by atoms with Crippen molar-refractivity contribution in [2.24, 2.45) is 0 Å². The quantitative estimate of drug-likeness (QED) is 0.714. The molecule has 3 atom stereocenters. The number of aliphatic hydroxyl groups is 1. The van der Waals surface area contributed by atoms with Crippen molar-refractivity contribution in [3.8, 4) is 0 Å². The van der Waals surface area contributed by atoms with Crippen LogP contribution in [-0.4, -0.2) is 67.2 Å². The molecule has 2 aliphatic heterocycles. The SMILES string of the molecule is O=S1(=O)CC(O)C(N(CC2CCCN2)C2CC2)C1. The van der Waals surface area contributed by atoms with Gasteiger partial charge in [0.2, 0.25) is 0 Å². The van der Waals surface area contributed by atoms with Crippen molar-refractivity contribution in [2.75, 3.05) is 24.6 Å². The minimum atomic E-state index is -3.04. The van der Waals surface area contributed by atoms with Crippen LogP contribution in [0, 0.1) is 0 Å². The minimum absolute atomic E-state index is 0.0566. The van der Waals surface area contributed by atoms with Crippen molar-refractivity contribution in [3.05, 3.63) is 0 Å². The monoisotopic (exact) mass is 274 g/mol. The van der Waals surface area contributed by atoms with Crippen LogP contribution in [0.25, 0.3) is 0 Å². The topological polar surface area (TPSA) is 69.6 Å². The number of hydrogen-bond acceptors (Lipinski definition) is 5. The molecule has 0 spiro atoms. The van der Waals surface area contributed by atoms with E-state index in [1.165, 1.54) is 12.8 Å². The summed E-state index contributed by atoms with van der Waals surface area (Å²) in [6, 6.07) is 0.798. The van der Waals surface area contributed by atoms with Gasteiger partial charge < -0.3 is 10.4 Å². The molecule has 6 heteroatoms. The molecule has 3 aliphatic rings. The fourth-order valence-corrected chi connectivity index (χ4v) is 5.07. The first-order chi connectivity index (χ1) is 8.55. The summed E-state index contributed by atoms with van der Waals surface area (Å²) in [6.07, 6.45) is 3.97. The average molecular weight is 274 g/mol. The predicted molar refractivity (Wildman–Crippen MR) is 69.2 cm³/mol. The molecule has 3 rings (SSSR count). The van der Waals surface area contributed by atoms with Crippen molar-refractivity contribution in [2.45, 2.75) is 49.9 Å². The standard InChI is InChI=1S/C12H22N2O3S/c15-12-8-18(16,17)7-11(12)14(10-3-4-10)6-9-2-1-5-13-9/h9-13,15H,1-8H2. The van der Waals surface area contributed by atoms with Crippen molar-refractivity contribution in [1.29, 1.82) is 0 Å². The van der Waals surface area contributed by atoms with Crippen LogP contribution in [0.3, 0.4) is 0 Å². The lowest BCUT2D eigenvalue weighted by Crippen LogP contribution is -2.49. The van der Waals surface area contributed by atoms with E-state index in [1.54, 1.807) is 0 Å². The zero-order valence-corrected chi connectivity index (χ0v) is 11.4. The summed E-state index contributed by atoms with van der Waals surface area (Å²) in [6.45, 7) is 1.95. The van der Waals surface area contributed by atoms with Crippen LogP contribution < -0.4 is 5.32 Å². The highest BCUT2D eigenvalue weighted by atomic mass is 32.2. The Balaban J connectivity index is 1.69. The summed E-state index contributed by atoms with van der Waals surface area (Å²) in [5.74, 6) is 0.0797. The molecule has 0 aromatic heterocycles. The molecule has 3 fully saturated rings. The van der Waals surface area contributed by atoms with Gasteiger partial charge in [0, 0.05) is 18.6 Å². The summed E-state index contributed by atoms with van der Waals surface area (Å²) >= 11 is 0. The zero-order valence-electron chi connectivity index (χ0n) is 10.6. The zero-order chi connectivity index (χ0) is 12.8. The molecule has 1 aliphatic carbocycles. The van der Waals surface area contributed by atoms with E-state index < -0.39 is 15.9 Å². The summed E-state index contributed by atoms with van der Waals surface area (Å²) in [7, 11) is -3.04. The number of rotatable bonds is 4. The molecule has 5 nitrogen and oxygen atoms in total. The second-order valence-electron chi connectivity index (χ2n) is 5.93. The van der Waals surface area contributed by atoms with E-state index in [2.05, 4.69) is 10.2 Å². The van der Waals surface area contributed by atoms with E-state index in [1.807, 2.05) is 0 Å². The Kier molecular flexibility index (Phi) is 3.38. The van der Waals surface area contributed by atoms with E-state index in [4.69, 9.17) is 0 Å².